The zero-order valence-electron chi connectivity index (χ0n) is 12.3. The van der Waals surface area contributed by atoms with Crippen molar-refractivity contribution in [1.29, 1.82) is 0 Å². The molecule has 0 saturated carbocycles. The molecule has 102 valence electrons. The highest BCUT2D eigenvalue weighted by molar-refractivity contribution is 4.94. The lowest BCUT2D eigenvalue weighted by molar-refractivity contribution is 0.0764. The molecule has 1 aliphatic heterocycles. The highest BCUT2D eigenvalue weighted by Gasteiger charge is 2.34. The van der Waals surface area contributed by atoms with Crippen LogP contribution in [-0.4, -0.2) is 50.3 Å². The molecule has 0 aromatic rings. The number of nitrogens with one attached hydrogen (secondary N) is 1. The molecule has 1 N–H and O–H groups in total. The fourth-order valence-electron chi connectivity index (χ4n) is 2.87. The van der Waals surface area contributed by atoms with Crippen LogP contribution in [0.2, 0.25) is 0 Å². The van der Waals surface area contributed by atoms with Crippen LogP contribution < -0.4 is 5.32 Å². The zero-order chi connectivity index (χ0) is 12.9. The molecule has 0 aromatic carbocycles. The van der Waals surface area contributed by atoms with Crippen LogP contribution in [0.15, 0.2) is 0 Å². The molecule has 3 unspecified atom stereocenters. The highest BCUT2D eigenvalue weighted by Crippen LogP contribution is 2.26. The quantitative estimate of drug-likeness (QED) is 0.741. The summed E-state index contributed by atoms with van der Waals surface area (Å²) in [5, 5.41) is 3.50. The second-order valence-electron chi connectivity index (χ2n) is 5.66. The van der Waals surface area contributed by atoms with Gasteiger partial charge in [-0.3, -0.25) is 0 Å². The largest absolute Gasteiger partial charge is 0.378 e. The van der Waals surface area contributed by atoms with Crippen molar-refractivity contribution in [3.05, 3.63) is 0 Å². The third kappa shape index (κ3) is 3.67. The molecule has 0 bridgehead atoms. The van der Waals surface area contributed by atoms with Gasteiger partial charge >= 0.3 is 0 Å². The van der Waals surface area contributed by atoms with Gasteiger partial charge < -0.3 is 15.0 Å². The average molecular weight is 242 g/mol. The topological polar surface area (TPSA) is 24.5 Å². The van der Waals surface area contributed by atoms with E-state index in [2.05, 4.69) is 45.2 Å². The lowest BCUT2D eigenvalue weighted by Crippen LogP contribution is -2.56. The summed E-state index contributed by atoms with van der Waals surface area (Å²) in [5.74, 6) is 0. The van der Waals surface area contributed by atoms with Gasteiger partial charge in [0.25, 0.3) is 0 Å². The van der Waals surface area contributed by atoms with E-state index in [1.807, 2.05) is 0 Å². The standard InChI is InChI=1S/C14H30N2O/c1-6-14(2,16(4)5)13(15-3)10-9-12-8-7-11-17-12/h12-13,15H,6-11H2,1-5H3. The van der Waals surface area contributed by atoms with Crippen LogP contribution in [0.3, 0.4) is 0 Å². The van der Waals surface area contributed by atoms with Crippen molar-refractivity contribution < 1.29 is 4.74 Å². The summed E-state index contributed by atoms with van der Waals surface area (Å²) in [5.41, 5.74) is 0.230. The van der Waals surface area contributed by atoms with E-state index < -0.39 is 0 Å². The molecule has 3 atom stereocenters. The number of likely N-dealkylation sites (N-methyl/N-ethyl adjacent to an activating group) is 2. The van der Waals surface area contributed by atoms with Crippen molar-refractivity contribution in [1.82, 2.24) is 10.2 Å². The Morgan fingerprint density at radius 2 is 2.18 bits per heavy atom. The highest BCUT2D eigenvalue weighted by atomic mass is 16.5. The molecule has 0 aromatic heterocycles. The third-order valence-corrected chi connectivity index (χ3v) is 4.64. The zero-order valence-corrected chi connectivity index (χ0v) is 12.3. The molecule has 17 heavy (non-hydrogen) atoms. The summed E-state index contributed by atoms with van der Waals surface area (Å²) in [4.78, 5) is 2.35. The van der Waals surface area contributed by atoms with Crippen LogP contribution in [0, 0.1) is 0 Å². The van der Waals surface area contributed by atoms with Gasteiger partial charge in [-0.15, -0.1) is 0 Å². The average Bonchev–Trinajstić information content (AvgIpc) is 2.82. The Kier molecular flexibility index (Phi) is 5.90. The normalized spacial score (nSPS) is 26.1. The van der Waals surface area contributed by atoms with Crippen molar-refractivity contribution in [2.24, 2.45) is 0 Å². The Morgan fingerprint density at radius 3 is 2.59 bits per heavy atom. The SMILES string of the molecule is CCC(C)(C(CCC1CCCO1)NC)N(C)C. The molecule has 3 heteroatoms. The molecule has 0 aliphatic carbocycles. The molecule has 0 amide bonds. The first-order chi connectivity index (χ1) is 8.04. The van der Waals surface area contributed by atoms with E-state index in [1.165, 1.54) is 25.7 Å². The second-order valence-corrected chi connectivity index (χ2v) is 5.66. The number of hydrogen-bond acceptors (Lipinski definition) is 3. The van der Waals surface area contributed by atoms with Crippen molar-refractivity contribution in [3.8, 4) is 0 Å². The molecule has 0 radical (unpaired) electrons. The van der Waals surface area contributed by atoms with Gasteiger partial charge in [-0.25, -0.2) is 0 Å². The Hall–Kier alpha value is -0.120. The van der Waals surface area contributed by atoms with Crippen LogP contribution in [0.25, 0.3) is 0 Å². The first kappa shape index (κ1) is 14.9. The van der Waals surface area contributed by atoms with E-state index in [0.29, 0.717) is 12.1 Å². The van der Waals surface area contributed by atoms with E-state index in [4.69, 9.17) is 4.74 Å². The smallest absolute Gasteiger partial charge is 0.0576 e. The number of hydrogen-bond donors (Lipinski definition) is 1. The summed E-state index contributed by atoms with van der Waals surface area (Å²) in [7, 11) is 6.44. The second kappa shape index (κ2) is 6.72. The number of nitrogens with zero attached hydrogens (tertiary/aromatic N) is 1. The number of rotatable bonds is 7. The molecule has 3 nitrogen and oxygen atoms in total. The van der Waals surface area contributed by atoms with Gasteiger partial charge in [0, 0.05) is 18.2 Å². The molecule has 1 aliphatic rings. The van der Waals surface area contributed by atoms with Gasteiger partial charge in [-0.05, 0) is 60.2 Å². The van der Waals surface area contributed by atoms with Crippen LogP contribution in [0.4, 0.5) is 0 Å². The Morgan fingerprint density at radius 1 is 1.47 bits per heavy atom. The van der Waals surface area contributed by atoms with Gasteiger partial charge in [-0.1, -0.05) is 6.92 Å². The van der Waals surface area contributed by atoms with Gasteiger partial charge in [0.05, 0.1) is 6.10 Å². The van der Waals surface area contributed by atoms with E-state index in [0.717, 1.165) is 13.0 Å². The molecule has 1 fully saturated rings. The summed E-state index contributed by atoms with van der Waals surface area (Å²) in [6.07, 6.45) is 6.55. The van der Waals surface area contributed by atoms with E-state index in [-0.39, 0.29) is 5.54 Å². The maximum atomic E-state index is 5.71. The lowest BCUT2D eigenvalue weighted by Gasteiger charge is -2.43. The van der Waals surface area contributed by atoms with E-state index >= 15 is 0 Å². The van der Waals surface area contributed by atoms with Crippen LogP contribution in [0.5, 0.6) is 0 Å². The molecule has 1 saturated heterocycles. The van der Waals surface area contributed by atoms with E-state index in [9.17, 15) is 0 Å². The summed E-state index contributed by atoms with van der Waals surface area (Å²) in [6.45, 7) is 5.59. The van der Waals surface area contributed by atoms with E-state index in [1.54, 1.807) is 0 Å². The summed E-state index contributed by atoms with van der Waals surface area (Å²) >= 11 is 0. The first-order valence-electron chi connectivity index (χ1n) is 7.01. The molecule has 1 heterocycles. The third-order valence-electron chi connectivity index (χ3n) is 4.64. The molecular weight excluding hydrogens is 212 g/mol. The lowest BCUT2D eigenvalue weighted by atomic mass is 9.84. The predicted molar refractivity (Wildman–Crippen MR) is 73.4 cm³/mol. The molecule has 1 rings (SSSR count). The molecule has 0 spiro atoms. The minimum Gasteiger partial charge on any atom is -0.378 e. The Labute approximate surface area is 107 Å². The van der Waals surface area contributed by atoms with Crippen LogP contribution in [-0.2, 0) is 4.74 Å². The van der Waals surface area contributed by atoms with Crippen molar-refractivity contribution in [3.63, 3.8) is 0 Å². The fourth-order valence-corrected chi connectivity index (χ4v) is 2.87. The Bertz CT molecular complexity index is 214. The van der Waals surface area contributed by atoms with Crippen molar-refractivity contribution in [2.75, 3.05) is 27.7 Å². The maximum absolute atomic E-state index is 5.71. The van der Waals surface area contributed by atoms with Crippen LogP contribution >= 0.6 is 0 Å². The maximum Gasteiger partial charge on any atom is 0.0576 e. The minimum absolute atomic E-state index is 0.230. The van der Waals surface area contributed by atoms with Gasteiger partial charge in [0.15, 0.2) is 0 Å². The monoisotopic (exact) mass is 242 g/mol. The summed E-state index contributed by atoms with van der Waals surface area (Å²) < 4.78 is 5.71. The fraction of sp³-hybridized carbons (Fsp3) is 1.00. The van der Waals surface area contributed by atoms with Crippen LogP contribution in [0.1, 0.15) is 46.0 Å². The minimum atomic E-state index is 0.230. The van der Waals surface area contributed by atoms with Crippen molar-refractivity contribution in [2.45, 2.75) is 63.6 Å². The van der Waals surface area contributed by atoms with Crippen molar-refractivity contribution >= 4 is 0 Å². The van der Waals surface area contributed by atoms with Gasteiger partial charge in [0.2, 0.25) is 0 Å². The predicted octanol–water partition coefficient (Wildman–Crippen LogP) is 2.26. The summed E-state index contributed by atoms with van der Waals surface area (Å²) in [6, 6.07) is 0.534. The first-order valence-corrected chi connectivity index (χ1v) is 7.01. The molecular formula is C14H30N2O. The van der Waals surface area contributed by atoms with Gasteiger partial charge in [0.1, 0.15) is 0 Å². The number of ether oxygens (including phenoxy) is 1. The Balaban J connectivity index is 2.50. The van der Waals surface area contributed by atoms with Gasteiger partial charge in [-0.2, -0.15) is 0 Å².